The average molecular weight is 405 g/mol. The fraction of sp³-hybridized carbons (Fsp3) is 0.789. The van der Waals surface area contributed by atoms with Crippen LogP contribution in [0.5, 0.6) is 0 Å². The van der Waals surface area contributed by atoms with Gasteiger partial charge in [0.2, 0.25) is 5.91 Å². The van der Waals surface area contributed by atoms with E-state index in [-0.39, 0.29) is 30.2 Å². The largest absolute Gasteiger partial charge is 0.341 e. The zero-order valence-corrected chi connectivity index (χ0v) is 17.5. The van der Waals surface area contributed by atoms with Crippen molar-refractivity contribution in [3.63, 3.8) is 0 Å². The molecule has 1 aliphatic carbocycles. The first-order valence-corrected chi connectivity index (χ1v) is 9.67. The van der Waals surface area contributed by atoms with Gasteiger partial charge in [-0.1, -0.05) is 26.2 Å². The van der Waals surface area contributed by atoms with Crippen molar-refractivity contribution in [2.24, 2.45) is 11.1 Å². The van der Waals surface area contributed by atoms with Gasteiger partial charge in [0.1, 0.15) is 5.82 Å². The summed E-state index contributed by atoms with van der Waals surface area (Å²) < 4.78 is 2.28. The van der Waals surface area contributed by atoms with Crippen LogP contribution in [0.3, 0.4) is 0 Å². The summed E-state index contributed by atoms with van der Waals surface area (Å²) in [5, 5.41) is 0. The van der Waals surface area contributed by atoms with Crippen LogP contribution in [0, 0.1) is 5.41 Å². The molecule has 1 aromatic rings. The fourth-order valence-electron chi connectivity index (χ4n) is 4.55. The normalized spacial score (nSPS) is 22.2. The van der Waals surface area contributed by atoms with Gasteiger partial charge < -0.3 is 15.2 Å². The van der Waals surface area contributed by atoms with Gasteiger partial charge in [0.25, 0.3) is 0 Å². The van der Waals surface area contributed by atoms with E-state index in [0.29, 0.717) is 24.9 Å². The molecule has 1 saturated heterocycles. The van der Waals surface area contributed by atoms with E-state index in [4.69, 9.17) is 5.73 Å². The number of nitrogens with zero attached hydrogens (tertiary/aromatic N) is 3. The van der Waals surface area contributed by atoms with E-state index in [1.165, 1.54) is 19.3 Å². The first-order chi connectivity index (χ1) is 11.7. The zero-order chi connectivity index (χ0) is 17.0. The van der Waals surface area contributed by atoms with Crippen LogP contribution in [0.4, 0.5) is 0 Å². The van der Waals surface area contributed by atoms with E-state index < -0.39 is 0 Å². The maximum Gasteiger partial charge on any atom is 0.223 e. The van der Waals surface area contributed by atoms with Crippen LogP contribution in [-0.2, 0) is 11.2 Å². The summed E-state index contributed by atoms with van der Waals surface area (Å²) in [7, 11) is 0. The number of hydrogen-bond donors (Lipinski definition) is 1. The second-order valence-corrected chi connectivity index (χ2v) is 7.68. The Morgan fingerprint density at radius 2 is 2.00 bits per heavy atom. The number of piperidine rings is 1. The molecule has 0 spiro atoms. The molecule has 2 N–H and O–H groups in total. The predicted molar refractivity (Wildman–Crippen MR) is 110 cm³/mol. The number of aryl methyl sites for hydroxylation is 1. The first-order valence-electron chi connectivity index (χ1n) is 9.67. The van der Waals surface area contributed by atoms with E-state index in [0.717, 1.165) is 51.0 Å². The lowest BCUT2D eigenvalue weighted by molar-refractivity contribution is -0.135. The number of carbonyl (C=O) groups is 1. The number of carbonyl (C=O) groups excluding carboxylic acids is 1. The first kappa shape index (κ1) is 23.3. The molecule has 1 atom stereocenters. The Kier molecular flexibility index (Phi) is 9.42. The molecule has 1 saturated carbocycles. The quantitative estimate of drug-likeness (QED) is 0.812. The van der Waals surface area contributed by atoms with Gasteiger partial charge >= 0.3 is 0 Å². The summed E-state index contributed by atoms with van der Waals surface area (Å²) in [6.07, 6.45) is 13.7. The minimum absolute atomic E-state index is 0. The molecule has 2 heterocycles. The van der Waals surface area contributed by atoms with Crippen molar-refractivity contribution in [3.8, 4) is 0 Å². The Bertz CT molecular complexity index is 557. The van der Waals surface area contributed by atoms with Crippen LogP contribution < -0.4 is 5.73 Å². The number of rotatable bonds is 5. The second kappa shape index (κ2) is 10.5. The third-order valence-electron chi connectivity index (χ3n) is 6.08. The Balaban J connectivity index is 0.00000169. The monoisotopic (exact) mass is 404 g/mol. The van der Waals surface area contributed by atoms with Crippen molar-refractivity contribution in [1.29, 1.82) is 0 Å². The van der Waals surface area contributed by atoms with E-state index >= 15 is 0 Å². The van der Waals surface area contributed by atoms with Crippen LogP contribution in [0.25, 0.3) is 0 Å². The van der Waals surface area contributed by atoms with E-state index in [2.05, 4.69) is 27.6 Å². The van der Waals surface area contributed by atoms with Crippen molar-refractivity contribution in [1.82, 2.24) is 14.5 Å². The van der Waals surface area contributed by atoms with Crippen molar-refractivity contribution in [2.45, 2.75) is 70.8 Å². The van der Waals surface area contributed by atoms with Gasteiger partial charge in [-0.25, -0.2) is 4.98 Å². The van der Waals surface area contributed by atoms with Gasteiger partial charge in [-0.3, -0.25) is 4.79 Å². The summed E-state index contributed by atoms with van der Waals surface area (Å²) in [6.45, 7) is 4.51. The van der Waals surface area contributed by atoms with Crippen LogP contribution >= 0.6 is 24.8 Å². The highest BCUT2D eigenvalue weighted by Crippen LogP contribution is 2.39. The SMILES string of the molecule is CCc1nccn1C1CCCN(C(=O)CC2(CN)CCCCC2)C1.Cl.Cl. The van der Waals surface area contributed by atoms with E-state index in [1.807, 2.05) is 6.20 Å². The summed E-state index contributed by atoms with van der Waals surface area (Å²) in [5.74, 6) is 1.44. The molecule has 26 heavy (non-hydrogen) atoms. The van der Waals surface area contributed by atoms with E-state index in [9.17, 15) is 4.79 Å². The average Bonchev–Trinajstić information content (AvgIpc) is 3.11. The molecule has 1 amide bonds. The van der Waals surface area contributed by atoms with Crippen LogP contribution in [0.2, 0.25) is 0 Å². The van der Waals surface area contributed by atoms with Gasteiger partial charge in [0.15, 0.2) is 0 Å². The van der Waals surface area contributed by atoms with Crippen LogP contribution in [0.1, 0.15) is 70.2 Å². The number of aromatic nitrogens is 2. The van der Waals surface area contributed by atoms with Crippen molar-refractivity contribution >= 4 is 30.7 Å². The Morgan fingerprint density at radius 3 is 2.65 bits per heavy atom. The Labute approximate surface area is 169 Å². The summed E-state index contributed by atoms with van der Waals surface area (Å²) >= 11 is 0. The molecular weight excluding hydrogens is 371 g/mol. The van der Waals surface area contributed by atoms with Gasteiger partial charge in [0.05, 0.1) is 6.04 Å². The van der Waals surface area contributed by atoms with E-state index in [1.54, 1.807) is 0 Å². The molecule has 0 bridgehead atoms. The molecule has 150 valence electrons. The van der Waals surface area contributed by atoms with Gasteiger partial charge in [-0.15, -0.1) is 24.8 Å². The molecule has 0 radical (unpaired) electrons. The maximum atomic E-state index is 12.9. The fourth-order valence-corrected chi connectivity index (χ4v) is 4.55. The predicted octanol–water partition coefficient (Wildman–Crippen LogP) is 3.75. The summed E-state index contributed by atoms with van der Waals surface area (Å²) in [4.78, 5) is 19.5. The van der Waals surface area contributed by atoms with Gasteiger partial charge in [0, 0.05) is 38.3 Å². The molecule has 0 aromatic carbocycles. The number of amides is 1. The standard InChI is InChI=1S/C19H32N4O.2ClH/c1-2-17-21-10-12-23(17)16-7-6-11-22(14-16)18(24)13-19(15-20)8-4-3-5-9-19;;/h10,12,16H,2-9,11,13-15,20H2,1H3;2*1H. The van der Waals surface area contributed by atoms with Crippen molar-refractivity contribution in [3.05, 3.63) is 18.2 Å². The molecule has 1 aliphatic heterocycles. The smallest absolute Gasteiger partial charge is 0.223 e. The molecule has 1 aromatic heterocycles. The third kappa shape index (κ3) is 5.14. The molecule has 5 nitrogen and oxygen atoms in total. The Hall–Kier alpha value is -0.780. The molecule has 2 fully saturated rings. The van der Waals surface area contributed by atoms with Crippen molar-refractivity contribution < 1.29 is 4.79 Å². The molecule has 7 heteroatoms. The second-order valence-electron chi connectivity index (χ2n) is 7.68. The highest BCUT2D eigenvalue weighted by atomic mass is 35.5. The van der Waals surface area contributed by atoms with Gasteiger partial charge in [-0.05, 0) is 37.6 Å². The highest BCUT2D eigenvalue weighted by Gasteiger charge is 2.35. The summed E-state index contributed by atoms with van der Waals surface area (Å²) in [5.41, 5.74) is 6.14. The van der Waals surface area contributed by atoms with Crippen LogP contribution in [-0.4, -0.2) is 40.0 Å². The van der Waals surface area contributed by atoms with Crippen LogP contribution in [0.15, 0.2) is 12.4 Å². The molecular formula is C19H34Cl2N4O. The number of halogens is 2. The minimum Gasteiger partial charge on any atom is -0.341 e. The maximum absolute atomic E-state index is 12.9. The third-order valence-corrected chi connectivity index (χ3v) is 6.08. The number of imidazole rings is 1. The topological polar surface area (TPSA) is 64.2 Å². The number of likely N-dealkylation sites (tertiary alicyclic amines) is 1. The summed E-state index contributed by atoms with van der Waals surface area (Å²) in [6, 6.07) is 0.375. The molecule has 3 rings (SSSR count). The number of nitrogens with two attached hydrogens (primary N) is 1. The Morgan fingerprint density at radius 1 is 1.27 bits per heavy atom. The lowest BCUT2D eigenvalue weighted by Gasteiger charge is -2.39. The van der Waals surface area contributed by atoms with Gasteiger partial charge in [-0.2, -0.15) is 0 Å². The molecule has 1 unspecified atom stereocenters. The lowest BCUT2D eigenvalue weighted by atomic mass is 9.71. The minimum atomic E-state index is 0. The number of hydrogen-bond acceptors (Lipinski definition) is 3. The van der Waals surface area contributed by atoms with Crippen molar-refractivity contribution in [2.75, 3.05) is 19.6 Å². The highest BCUT2D eigenvalue weighted by molar-refractivity contribution is 5.85. The molecule has 2 aliphatic rings. The lowest BCUT2D eigenvalue weighted by Crippen LogP contribution is -2.45. The zero-order valence-electron chi connectivity index (χ0n) is 15.9.